The maximum absolute atomic E-state index is 4.16. The molecule has 3 aliphatic rings. The fourth-order valence-electron chi connectivity index (χ4n) is 10.9. The summed E-state index contributed by atoms with van der Waals surface area (Å²) in [5.74, 6) is 0. The average molecular weight is 848 g/mol. The Hall–Kier alpha value is -8.14. The molecule has 2 heterocycles. The van der Waals surface area contributed by atoms with Crippen molar-refractivity contribution >= 4 is 55.7 Å². The van der Waals surface area contributed by atoms with E-state index in [0.29, 0.717) is 6.04 Å². The molecule has 0 saturated heterocycles. The summed E-state index contributed by atoms with van der Waals surface area (Å²) in [5.41, 5.74) is 20.7. The van der Waals surface area contributed by atoms with Crippen molar-refractivity contribution in [3.8, 4) is 27.9 Å². The third-order valence-electron chi connectivity index (χ3n) is 14.1. The zero-order valence-electron chi connectivity index (χ0n) is 37.3. The van der Waals surface area contributed by atoms with Crippen molar-refractivity contribution in [1.29, 1.82) is 0 Å². The quantitative estimate of drug-likeness (QED) is 0.134. The summed E-state index contributed by atoms with van der Waals surface area (Å²) in [6.45, 7) is 8.87. The second kappa shape index (κ2) is 15.8. The molecule has 1 atom stereocenters. The van der Waals surface area contributed by atoms with Crippen molar-refractivity contribution in [1.82, 2.24) is 4.57 Å². The van der Waals surface area contributed by atoms with E-state index in [9.17, 15) is 0 Å². The highest BCUT2D eigenvalue weighted by Crippen LogP contribution is 2.51. The Kier molecular flexibility index (Phi) is 9.46. The van der Waals surface area contributed by atoms with Gasteiger partial charge in [-0.25, -0.2) is 0 Å². The molecule has 66 heavy (non-hydrogen) atoms. The van der Waals surface area contributed by atoms with Gasteiger partial charge in [0.15, 0.2) is 0 Å². The molecule has 1 unspecified atom stereocenters. The molecule has 0 bridgehead atoms. The van der Waals surface area contributed by atoms with Crippen LogP contribution in [0, 0.1) is 0 Å². The van der Waals surface area contributed by atoms with Gasteiger partial charge in [0.1, 0.15) is 0 Å². The van der Waals surface area contributed by atoms with Gasteiger partial charge in [0, 0.05) is 56.4 Å². The van der Waals surface area contributed by atoms with Crippen LogP contribution in [-0.4, -0.2) is 10.6 Å². The Morgan fingerprint density at radius 1 is 0.606 bits per heavy atom. The van der Waals surface area contributed by atoms with Crippen LogP contribution >= 0.6 is 0 Å². The van der Waals surface area contributed by atoms with Crippen molar-refractivity contribution < 1.29 is 0 Å². The third-order valence-corrected chi connectivity index (χ3v) is 14.1. The van der Waals surface area contributed by atoms with Gasteiger partial charge >= 0.3 is 0 Å². The van der Waals surface area contributed by atoms with Gasteiger partial charge in [0.05, 0.1) is 17.1 Å². The Morgan fingerprint density at radius 3 is 2.12 bits per heavy atom. The largest absolute Gasteiger partial charge is 0.333 e. The van der Waals surface area contributed by atoms with E-state index < -0.39 is 0 Å². The SMILES string of the molecule is C=C/C=C(\C=C/N(c1ccc(-c2ccc3c(c2)C2=CC=CCC2N3c2ccccc2)cc1)c1ccc2c(c1)C(C)(C)c1ccccc1-2)c1ccc2c(c1)c1ccccc1n2-c1ccccc1. The molecule has 0 radical (unpaired) electrons. The molecule has 2 aliphatic carbocycles. The van der Waals surface area contributed by atoms with Crippen molar-refractivity contribution in [2.24, 2.45) is 0 Å². The van der Waals surface area contributed by atoms with Gasteiger partial charge in [-0.3, -0.25) is 0 Å². The maximum atomic E-state index is 4.16. The minimum absolute atomic E-state index is 0.129. The summed E-state index contributed by atoms with van der Waals surface area (Å²) in [6.07, 6.45) is 16.3. The number of rotatable bonds is 9. The smallest absolute Gasteiger partial charge is 0.0632 e. The van der Waals surface area contributed by atoms with Crippen molar-refractivity contribution in [2.75, 3.05) is 9.80 Å². The van der Waals surface area contributed by atoms with Crippen LogP contribution in [0.1, 0.15) is 42.5 Å². The molecule has 3 nitrogen and oxygen atoms in total. The van der Waals surface area contributed by atoms with Crippen molar-refractivity contribution in [3.63, 3.8) is 0 Å². The van der Waals surface area contributed by atoms with Gasteiger partial charge in [0.2, 0.25) is 0 Å². The number of anilines is 4. The zero-order valence-corrected chi connectivity index (χ0v) is 37.3. The lowest BCUT2D eigenvalue weighted by molar-refractivity contribution is 0.660. The fraction of sp³-hybridized carbons (Fsp3) is 0.0794. The summed E-state index contributed by atoms with van der Waals surface area (Å²) in [7, 11) is 0. The molecule has 3 heteroatoms. The van der Waals surface area contributed by atoms with E-state index in [1.54, 1.807) is 0 Å². The highest BCUT2D eigenvalue weighted by atomic mass is 15.2. The molecule has 8 aromatic carbocycles. The maximum Gasteiger partial charge on any atom is 0.0632 e. The molecule has 12 rings (SSSR count). The summed E-state index contributed by atoms with van der Waals surface area (Å²) in [6, 6.07) is 69.2. The Bertz CT molecular complexity index is 3490. The van der Waals surface area contributed by atoms with Gasteiger partial charge in [-0.15, -0.1) is 0 Å². The van der Waals surface area contributed by atoms with Crippen molar-refractivity contribution in [3.05, 3.63) is 260 Å². The summed E-state index contributed by atoms with van der Waals surface area (Å²) in [4.78, 5) is 4.85. The minimum atomic E-state index is -0.129. The number of hydrogen-bond acceptors (Lipinski definition) is 2. The second-order valence-electron chi connectivity index (χ2n) is 18.1. The molecule has 0 amide bonds. The van der Waals surface area contributed by atoms with Crippen LogP contribution in [0.15, 0.2) is 237 Å². The molecule has 316 valence electrons. The Balaban J connectivity index is 0.940. The first-order chi connectivity index (χ1) is 32.5. The van der Waals surface area contributed by atoms with Crippen LogP contribution in [-0.2, 0) is 5.41 Å². The average Bonchev–Trinajstić information content (AvgIpc) is 3.96. The molecule has 0 spiro atoms. The third kappa shape index (κ3) is 6.42. The zero-order chi connectivity index (χ0) is 44.4. The van der Waals surface area contributed by atoms with Crippen molar-refractivity contribution in [2.45, 2.75) is 31.7 Å². The van der Waals surface area contributed by atoms with Crippen LogP contribution in [0.25, 0.3) is 60.9 Å². The molecule has 0 N–H and O–H groups in total. The topological polar surface area (TPSA) is 11.4 Å². The molecule has 1 aliphatic heterocycles. The number of allylic oxidation sites excluding steroid dienone is 6. The van der Waals surface area contributed by atoms with E-state index in [4.69, 9.17) is 0 Å². The molecule has 9 aromatic rings. The molecule has 0 fully saturated rings. The molecular weight excluding hydrogens is 799 g/mol. The summed E-state index contributed by atoms with van der Waals surface area (Å²) < 4.78 is 2.36. The lowest BCUT2D eigenvalue weighted by Gasteiger charge is -2.28. The van der Waals surface area contributed by atoms with E-state index in [-0.39, 0.29) is 5.41 Å². The molecule has 0 saturated carbocycles. The highest BCUT2D eigenvalue weighted by Gasteiger charge is 2.36. The number of fused-ring (bicyclic) bond motifs is 9. The monoisotopic (exact) mass is 847 g/mol. The summed E-state index contributed by atoms with van der Waals surface area (Å²) in [5, 5.41) is 2.45. The second-order valence-corrected chi connectivity index (χ2v) is 18.1. The molecule has 1 aromatic heterocycles. The predicted octanol–water partition coefficient (Wildman–Crippen LogP) is 16.5. The Morgan fingerprint density at radius 2 is 1.30 bits per heavy atom. The van der Waals surface area contributed by atoms with E-state index >= 15 is 0 Å². The first kappa shape index (κ1) is 39.5. The highest BCUT2D eigenvalue weighted by molar-refractivity contribution is 6.10. The van der Waals surface area contributed by atoms with Crippen LogP contribution in [0.5, 0.6) is 0 Å². The predicted molar refractivity (Wildman–Crippen MR) is 280 cm³/mol. The Labute approximate surface area is 387 Å². The van der Waals surface area contributed by atoms with Gasteiger partial charge in [0.25, 0.3) is 0 Å². The number of aromatic nitrogens is 1. The van der Waals surface area contributed by atoms with Gasteiger partial charge in [-0.1, -0.05) is 160 Å². The number of nitrogens with zero attached hydrogens (tertiary/aromatic N) is 3. The fourth-order valence-corrected chi connectivity index (χ4v) is 10.9. The van der Waals surface area contributed by atoms with E-state index in [1.165, 1.54) is 77.7 Å². The standard InChI is InChI=1S/C63H49N3/c1-4-17-43(45-30-36-61-55(40-45)53-23-12-15-26-59(53)65(61)48-18-7-5-8-19-48)38-39-64(50-34-35-52-51-22-11-14-25-57(51)63(2,3)58(52)42-50)47-32-28-44(29-33-47)46-31-37-62-56(41-46)54-24-13-16-27-60(54)66(62)49-20-9-6-10-21-49/h4-26,28-42,60H,1,27H2,2-3H3/b39-38-,43-17+. The van der Waals surface area contributed by atoms with Crippen LogP contribution in [0.4, 0.5) is 22.7 Å². The van der Waals surface area contributed by atoms with Crippen LogP contribution < -0.4 is 9.80 Å². The van der Waals surface area contributed by atoms with Gasteiger partial charge in [-0.2, -0.15) is 0 Å². The molecular formula is C63H49N3. The first-order valence-corrected chi connectivity index (χ1v) is 23.1. The normalized spacial score (nSPS) is 15.7. The number of hydrogen-bond donors (Lipinski definition) is 0. The number of para-hydroxylation sites is 3. The van der Waals surface area contributed by atoms with Crippen LogP contribution in [0.3, 0.4) is 0 Å². The van der Waals surface area contributed by atoms with E-state index in [2.05, 4.69) is 259 Å². The van der Waals surface area contributed by atoms with E-state index in [0.717, 1.165) is 34.6 Å². The first-order valence-electron chi connectivity index (χ1n) is 23.1. The van der Waals surface area contributed by atoms with Gasteiger partial charge < -0.3 is 14.4 Å². The number of benzene rings is 8. The van der Waals surface area contributed by atoms with Crippen LogP contribution in [0.2, 0.25) is 0 Å². The lowest BCUT2D eigenvalue weighted by Crippen LogP contribution is -2.26. The minimum Gasteiger partial charge on any atom is -0.333 e. The summed E-state index contributed by atoms with van der Waals surface area (Å²) >= 11 is 0. The lowest BCUT2D eigenvalue weighted by atomic mass is 9.82. The van der Waals surface area contributed by atoms with E-state index in [1.807, 2.05) is 6.08 Å². The van der Waals surface area contributed by atoms with Gasteiger partial charge in [-0.05, 0) is 141 Å².